The van der Waals surface area contributed by atoms with Crippen molar-refractivity contribution in [2.45, 2.75) is 32.7 Å². The number of hydrogen-bond donors (Lipinski definition) is 1. The molecule has 0 atom stereocenters. The summed E-state index contributed by atoms with van der Waals surface area (Å²) < 4.78 is 5.17. The first-order valence-corrected chi connectivity index (χ1v) is 5.96. The Morgan fingerprint density at radius 1 is 1.50 bits per heavy atom. The Bertz CT molecular complexity index is 321. The monoisotopic (exact) mass is 225 g/mol. The van der Waals surface area contributed by atoms with Crippen LogP contribution in [0, 0.1) is 5.92 Å². The van der Waals surface area contributed by atoms with Crippen molar-refractivity contribution in [2.24, 2.45) is 5.92 Å². The average Bonchev–Trinajstić information content (AvgIpc) is 2.67. The van der Waals surface area contributed by atoms with Crippen LogP contribution in [0.15, 0.2) is 4.52 Å². The van der Waals surface area contributed by atoms with Crippen molar-refractivity contribution in [3.05, 3.63) is 11.7 Å². The molecule has 0 amide bonds. The summed E-state index contributed by atoms with van der Waals surface area (Å²) in [5.74, 6) is 1.95. The van der Waals surface area contributed by atoms with E-state index in [1.807, 2.05) is 0 Å². The smallest absolute Gasteiger partial charge is 0.240 e. The minimum atomic E-state index is 0.280. The lowest BCUT2D eigenvalue weighted by Crippen LogP contribution is -2.47. The van der Waals surface area contributed by atoms with Crippen molar-refractivity contribution >= 4 is 0 Å². The van der Waals surface area contributed by atoms with E-state index in [0.29, 0.717) is 11.8 Å². The summed E-state index contributed by atoms with van der Waals surface area (Å²) in [6, 6.07) is 0. The van der Waals surface area contributed by atoms with Gasteiger partial charge in [0.1, 0.15) is 0 Å². The van der Waals surface area contributed by atoms with Crippen molar-refractivity contribution in [3.8, 4) is 0 Å². The van der Waals surface area contributed by atoms with Crippen LogP contribution in [0.2, 0.25) is 0 Å². The number of likely N-dealkylation sites (tertiary alicyclic amines) is 1. The second-order valence-electron chi connectivity index (χ2n) is 4.45. The van der Waals surface area contributed by atoms with Gasteiger partial charge >= 0.3 is 0 Å². The van der Waals surface area contributed by atoms with Gasteiger partial charge in [-0.3, -0.25) is 4.90 Å². The Kier molecular flexibility index (Phi) is 3.90. The van der Waals surface area contributed by atoms with Gasteiger partial charge in [0, 0.05) is 32.0 Å². The minimum Gasteiger partial charge on any atom is -0.396 e. The van der Waals surface area contributed by atoms with E-state index in [2.05, 4.69) is 22.0 Å². The van der Waals surface area contributed by atoms with Gasteiger partial charge in [0.15, 0.2) is 5.82 Å². The Hall–Kier alpha value is -0.940. The van der Waals surface area contributed by atoms with E-state index in [4.69, 9.17) is 9.63 Å². The highest BCUT2D eigenvalue weighted by Gasteiger charge is 2.27. The van der Waals surface area contributed by atoms with Crippen LogP contribution in [0.25, 0.3) is 0 Å². The van der Waals surface area contributed by atoms with Crippen molar-refractivity contribution in [3.63, 3.8) is 0 Å². The van der Waals surface area contributed by atoms with E-state index in [1.54, 1.807) is 0 Å². The molecule has 0 bridgehead atoms. The van der Waals surface area contributed by atoms with E-state index in [1.165, 1.54) is 0 Å². The number of nitrogens with zero attached hydrogens (tertiary/aromatic N) is 3. The number of unbranched alkanes of at least 4 members (excludes halogenated alkanes) is 1. The van der Waals surface area contributed by atoms with Crippen LogP contribution in [0.1, 0.15) is 31.5 Å². The largest absolute Gasteiger partial charge is 0.396 e. The van der Waals surface area contributed by atoms with Crippen molar-refractivity contribution in [1.29, 1.82) is 0 Å². The molecule has 2 rings (SSSR count). The minimum absolute atomic E-state index is 0.280. The van der Waals surface area contributed by atoms with Crippen LogP contribution in [0.5, 0.6) is 0 Å². The molecule has 0 unspecified atom stereocenters. The quantitative estimate of drug-likeness (QED) is 0.777. The molecular weight excluding hydrogens is 206 g/mol. The first kappa shape index (κ1) is 11.5. The highest BCUT2D eigenvalue weighted by Crippen LogP contribution is 2.17. The standard InChI is InChI=1S/C11H19N3O2/c1-2-3-4-10-12-11(16-13-10)7-14-5-9(6-14)8-15/h9,15H,2-8H2,1H3. The maximum atomic E-state index is 8.89. The van der Waals surface area contributed by atoms with E-state index < -0.39 is 0 Å². The number of aliphatic hydroxyl groups excluding tert-OH is 1. The molecule has 1 N–H and O–H groups in total. The van der Waals surface area contributed by atoms with Gasteiger partial charge in [-0.05, 0) is 6.42 Å². The Labute approximate surface area is 95.4 Å². The SMILES string of the molecule is CCCCc1noc(CN2CC(CO)C2)n1. The predicted octanol–water partition coefficient (Wildman–Crippen LogP) is 0.836. The van der Waals surface area contributed by atoms with E-state index in [-0.39, 0.29) is 6.61 Å². The summed E-state index contributed by atoms with van der Waals surface area (Å²) in [5.41, 5.74) is 0. The summed E-state index contributed by atoms with van der Waals surface area (Å²) in [7, 11) is 0. The third kappa shape index (κ3) is 2.80. The van der Waals surface area contributed by atoms with Crippen LogP contribution in [-0.2, 0) is 13.0 Å². The maximum absolute atomic E-state index is 8.89. The van der Waals surface area contributed by atoms with E-state index in [9.17, 15) is 0 Å². The Morgan fingerprint density at radius 3 is 3.00 bits per heavy atom. The average molecular weight is 225 g/mol. The molecule has 1 aromatic rings. The van der Waals surface area contributed by atoms with Crippen molar-refractivity contribution < 1.29 is 9.63 Å². The summed E-state index contributed by atoms with van der Waals surface area (Å²) in [4.78, 5) is 6.54. The molecule has 0 aromatic carbocycles. The van der Waals surface area contributed by atoms with Crippen molar-refractivity contribution in [1.82, 2.24) is 15.0 Å². The third-order valence-corrected chi connectivity index (χ3v) is 2.91. The van der Waals surface area contributed by atoms with Crippen molar-refractivity contribution in [2.75, 3.05) is 19.7 Å². The second kappa shape index (κ2) is 5.41. The second-order valence-corrected chi connectivity index (χ2v) is 4.45. The van der Waals surface area contributed by atoms with Gasteiger partial charge in [-0.1, -0.05) is 18.5 Å². The Balaban J connectivity index is 1.75. The van der Waals surface area contributed by atoms with Crippen LogP contribution in [0.3, 0.4) is 0 Å². The Morgan fingerprint density at radius 2 is 2.31 bits per heavy atom. The fourth-order valence-electron chi connectivity index (χ4n) is 1.90. The molecule has 1 aliphatic rings. The van der Waals surface area contributed by atoms with Gasteiger partial charge in [-0.15, -0.1) is 0 Å². The third-order valence-electron chi connectivity index (χ3n) is 2.91. The van der Waals surface area contributed by atoms with Crippen LogP contribution < -0.4 is 0 Å². The van der Waals surface area contributed by atoms with Gasteiger partial charge in [0.2, 0.25) is 5.89 Å². The number of hydrogen-bond acceptors (Lipinski definition) is 5. The van der Waals surface area contributed by atoms with E-state index in [0.717, 1.165) is 44.7 Å². The lowest BCUT2D eigenvalue weighted by atomic mass is 10.0. The summed E-state index contributed by atoms with van der Waals surface area (Å²) >= 11 is 0. The van der Waals surface area contributed by atoms with Gasteiger partial charge in [0.25, 0.3) is 0 Å². The molecular formula is C11H19N3O2. The molecule has 0 radical (unpaired) electrons. The first-order chi connectivity index (χ1) is 7.81. The summed E-state index contributed by atoms with van der Waals surface area (Å²) in [5, 5.41) is 12.8. The lowest BCUT2D eigenvalue weighted by molar-refractivity contribution is 0.0402. The molecule has 1 aliphatic heterocycles. The fourth-order valence-corrected chi connectivity index (χ4v) is 1.90. The fraction of sp³-hybridized carbons (Fsp3) is 0.818. The number of rotatable bonds is 6. The molecule has 5 nitrogen and oxygen atoms in total. The van der Waals surface area contributed by atoms with Gasteiger partial charge < -0.3 is 9.63 Å². The summed E-state index contributed by atoms with van der Waals surface area (Å²) in [6.45, 7) is 5.01. The maximum Gasteiger partial charge on any atom is 0.240 e. The molecule has 0 spiro atoms. The highest BCUT2D eigenvalue weighted by atomic mass is 16.5. The topological polar surface area (TPSA) is 62.4 Å². The molecule has 0 saturated carbocycles. The van der Waals surface area contributed by atoms with Crippen LogP contribution in [-0.4, -0.2) is 39.8 Å². The molecule has 0 aliphatic carbocycles. The number of aryl methyl sites for hydroxylation is 1. The molecule has 1 fully saturated rings. The molecule has 2 heterocycles. The predicted molar refractivity (Wildman–Crippen MR) is 58.8 cm³/mol. The van der Waals surface area contributed by atoms with Crippen LogP contribution in [0.4, 0.5) is 0 Å². The van der Waals surface area contributed by atoms with Crippen LogP contribution >= 0.6 is 0 Å². The molecule has 1 aromatic heterocycles. The molecule has 1 saturated heterocycles. The zero-order valence-corrected chi connectivity index (χ0v) is 9.72. The first-order valence-electron chi connectivity index (χ1n) is 5.96. The molecule has 90 valence electrons. The number of aromatic nitrogens is 2. The van der Waals surface area contributed by atoms with Gasteiger partial charge in [-0.25, -0.2) is 0 Å². The highest BCUT2D eigenvalue weighted by molar-refractivity contribution is 4.89. The molecule has 5 heteroatoms. The van der Waals surface area contributed by atoms with Gasteiger partial charge in [0.05, 0.1) is 6.54 Å². The zero-order valence-electron chi connectivity index (χ0n) is 9.72. The summed E-state index contributed by atoms with van der Waals surface area (Å²) in [6.07, 6.45) is 3.16. The normalized spacial score (nSPS) is 17.6. The molecule has 16 heavy (non-hydrogen) atoms. The number of aliphatic hydroxyl groups is 1. The van der Waals surface area contributed by atoms with E-state index >= 15 is 0 Å². The zero-order chi connectivity index (χ0) is 11.4. The lowest BCUT2D eigenvalue weighted by Gasteiger charge is -2.36. The van der Waals surface area contributed by atoms with Gasteiger partial charge in [-0.2, -0.15) is 4.98 Å².